The van der Waals surface area contributed by atoms with Crippen molar-refractivity contribution in [1.82, 2.24) is 4.90 Å². The largest absolute Gasteiger partial charge is 0.303 e. The molecule has 6 heteroatoms. The summed E-state index contributed by atoms with van der Waals surface area (Å²) in [4.78, 5) is 2.57. The van der Waals surface area contributed by atoms with Crippen LogP contribution in [0.5, 0.6) is 0 Å². The van der Waals surface area contributed by atoms with Crippen molar-refractivity contribution in [3.05, 3.63) is 59.7 Å². The minimum atomic E-state index is -3.70. The lowest BCUT2D eigenvalue weighted by Crippen LogP contribution is -2.20. The fourth-order valence-electron chi connectivity index (χ4n) is 3.39. The second-order valence-electron chi connectivity index (χ2n) is 6.65. The number of likely N-dealkylation sites (tertiary alicyclic amines) is 1. The molecule has 0 amide bonds. The highest BCUT2D eigenvalue weighted by Crippen LogP contribution is 2.28. The SMILES string of the molecule is CCCN1CC[C@@H](c2ccc(NS(=O)(=O)c3cccc(C#N)c3)cc2)C1. The van der Waals surface area contributed by atoms with E-state index in [4.69, 9.17) is 5.26 Å². The van der Waals surface area contributed by atoms with Gasteiger partial charge in [-0.3, -0.25) is 4.72 Å². The molecule has 1 aliphatic rings. The lowest BCUT2D eigenvalue weighted by molar-refractivity contribution is 0.335. The number of nitrogens with zero attached hydrogens (tertiary/aromatic N) is 2. The van der Waals surface area contributed by atoms with Crippen molar-refractivity contribution in [3.8, 4) is 6.07 Å². The second kappa shape index (κ2) is 7.90. The summed E-state index contributed by atoms with van der Waals surface area (Å²) in [5.74, 6) is 0.513. The van der Waals surface area contributed by atoms with Gasteiger partial charge in [0.25, 0.3) is 10.0 Å². The molecule has 0 bridgehead atoms. The van der Waals surface area contributed by atoms with Crippen molar-refractivity contribution in [1.29, 1.82) is 5.26 Å². The van der Waals surface area contributed by atoms with Gasteiger partial charge in [-0.25, -0.2) is 8.42 Å². The number of nitriles is 1. The van der Waals surface area contributed by atoms with Gasteiger partial charge in [0, 0.05) is 12.2 Å². The quantitative estimate of drug-likeness (QED) is 0.845. The summed E-state index contributed by atoms with van der Waals surface area (Å²) in [6.07, 6.45) is 2.31. The molecule has 0 unspecified atom stereocenters. The van der Waals surface area contributed by atoms with E-state index in [2.05, 4.69) is 16.5 Å². The molecular formula is C20H23N3O2S. The summed E-state index contributed by atoms with van der Waals surface area (Å²) in [5.41, 5.74) is 2.10. The number of sulfonamides is 1. The molecule has 1 heterocycles. The van der Waals surface area contributed by atoms with E-state index in [1.54, 1.807) is 12.1 Å². The van der Waals surface area contributed by atoms with Gasteiger partial charge in [0.05, 0.1) is 16.5 Å². The molecule has 2 aromatic rings. The number of nitrogens with one attached hydrogen (secondary N) is 1. The fraction of sp³-hybridized carbons (Fsp3) is 0.350. The molecule has 1 aliphatic heterocycles. The van der Waals surface area contributed by atoms with Gasteiger partial charge < -0.3 is 4.90 Å². The first-order chi connectivity index (χ1) is 12.5. The van der Waals surface area contributed by atoms with E-state index in [9.17, 15) is 8.42 Å². The Morgan fingerprint density at radius 1 is 1.23 bits per heavy atom. The Hall–Kier alpha value is -2.36. The van der Waals surface area contributed by atoms with Gasteiger partial charge in [0.1, 0.15) is 0 Å². The first-order valence-corrected chi connectivity index (χ1v) is 10.4. The molecule has 2 aromatic carbocycles. The van der Waals surface area contributed by atoms with Crippen LogP contribution >= 0.6 is 0 Å². The molecule has 5 nitrogen and oxygen atoms in total. The Kier molecular flexibility index (Phi) is 5.60. The van der Waals surface area contributed by atoms with Gasteiger partial charge in [-0.1, -0.05) is 25.1 Å². The van der Waals surface area contributed by atoms with E-state index in [-0.39, 0.29) is 4.90 Å². The van der Waals surface area contributed by atoms with Crippen LogP contribution in [0.3, 0.4) is 0 Å². The number of rotatable bonds is 6. The molecular weight excluding hydrogens is 346 g/mol. The molecule has 26 heavy (non-hydrogen) atoms. The second-order valence-corrected chi connectivity index (χ2v) is 8.34. The van der Waals surface area contributed by atoms with Crippen LogP contribution in [-0.2, 0) is 10.0 Å². The van der Waals surface area contributed by atoms with Gasteiger partial charge in [-0.15, -0.1) is 0 Å². The van der Waals surface area contributed by atoms with E-state index in [0.29, 0.717) is 17.2 Å². The van der Waals surface area contributed by atoms with Crippen LogP contribution in [0.2, 0.25) is 0 Å². The molecule has 0 aliphatic carbocycles. The monoisotopic (exact) mass is 369 g/mol. The zero-order valence-corrected chi connectivity index (χ0v) is 15.7. The number of hydrogen-bond acceptors (Lipinski definition) is 4. The van der Waals surface area contributed by atoms with E-state index in [0.717, 1.165) is 26.1 Å². The third-order valence-electron chi connectivity index (χ3n) is 4.72. The van der Waals surface area contributed by atoms with Crippen molar-refractivity contribution >= 4 is 15.7 Å². The van der Waals surface area contributed by atoms with E-state index >= 15 is 0 Å². The fourth-order valence-corrected chi connectivity index (χ4v) is 4.50. The highest BCUT2D eigenvalue weighted by Gasteiger charge is 2.23. The standard InChI is InChI=1S/C20H23N3O2S/c1-2-11-23-12-10-18(15-23)17-6-8-19(9-7-17)22-26(24,25)20-5-3-4-16(13-20)14-21/h3-9,13,18,22H,2,10-12,15H2,1H3/t18-/m1/s1. The average molecular weight is 369 g/mol. The maximum Gasteiger partial charge on any atom is 0.261 e. The lowest BCUT2D eigenvalue weighted by Gasteiger charge is -2.15. The maximum atomic E-state index is 12.5. The topological polar surface area (TPSA) is 73.2 Å². The van der Waals surface area contributed by atoms with Crippen molar-refractivity contribution in [2.75, 3.05) is 24.4 Å². The molecule has 0 aromatic heterocycles. The highest BCUT2D eigenvalue weighted by atomic mass is 32.2. The molecule has 0 radical (unpaired) electrons. The zero-order chi connectivity index (χ0) is 18.6. The smallest absolute Gasteiger partial charge is 0.261 e. The first-order valence-electron chi connectivity index (χ1n) is 8.87. The first kappa shape index (κ1) is 18.4. The van der Waals surface area contributed by atoms with E-state index < -0.39 is 10.0 Å². The van der Waals surface area contributed by atoms with Gasteiger partial charge >= 0.3 is 0 Å². The molecule has 1 fully saturated rings. The summed E-state index contributed by atoms with van der Waals surface area (Å²) in [7, 11) is -3.70. The van der Waals surface area contributed by atoms with Crippen LogP contribution in [0.1, 0.15) is 36.8 Å². The number of anilines is 1. The van der Waals surface area contributed by atoms with Crippen LogP contribution < -0.4 is 4.72 Å². The third-order valence-corrected chi connectivity index (χ3v) is 6.10. The van der Waals surface area contributed by atoms with Crippen LogP contribution in [0.15, 0.2) is 53.4 Å². The van der Waals surface area contributed by atoms with Crippen LogP contribution in [0.4, 0.5) is 5.69 Å². The highest BCUT2D eigenvalue weighted by molar-refractivity contribution is 7.92. The average Bonchev–Trinajstić information content (AvgIpc) is 3.11. The Morgan fingerprint density at radius 2 is 2.00 bits per heavy atom. The maximum absolute atomic E-state index is 12.5. The van der Waals surface area contributed by atoms with Crippen LogP contribution in [0.25, 0.3) is 0 Å². The van der Waals surface area contributed by atoms with Crippen molar-refractivity contribution < 1.29 is 8.42 Å². The normalized spacial score (nSPS) is 17.8. The van der Waals surface area contributed by atoms with Gasteiger partial charge in [-0.05, 0) is 67.7 Å². The number of hydrogen-bond donors (Lipinski definition) is 1. The Labute approximate surface area is 155 Å². The lowest BCUT2D eigenvalue weighted by atomic mass is 9.98. The molecule has 136 valence electrons. The van der Waals surface area contributed by atoms with Crippen LogP contribution in [-0.4, -0.2) is 33.0 Å². The predicted molar refractivity (Wildman–Crippen MR) is 102 cm³/mol. The van der Waals surface area contributed by atoms with Crippen molar-refractivity contribution in [3.63, 3.8) is 0 Å². The summed E-state index contributed by atoms with van der Waals surface area (Å²) >= 11 is 0. The van der Waals surface area contributed by atoms with Gasteiger partial charge in [0.15, 0.2) is 0 Å². The minimum Gasteiger partial charge on any atom is -0.303 e. The Morgan fingerprint density at radius 3 is 2.69 bits per heavy atom. The molecule has 1 atom stereocenters. The van der Waals surface area contributed by atoms with Crippen molar-refractivity contribution in [2.24, 2.45) is 0 Å². The number of benzene rings is 2. The Bertz CT molecular complexity index is 901. The summed E-state index contributed by atoms with van der Waals surface area (Å²) < 4.78 is 27.6. The van der Waals surface area contributed by atoms with Gasteiger partial charge in [-0.2, -0.15) is 5.26 Å². The van der Waals surface area contributed by atoms with Crippen LogP contribution in [0, 0.1) is 11.3 Å². The molecule has 0 saturated carbocycles. The third kappa shape index (κ3) is 4.24. The van der Waals surface area contributed by atoms with E-state index in [1.165, 1.54) is 24.1 Å². The van der Waals surface area contributed by atoms with Gasteiger partial charge in [0.2, 0.25) is 0 Å². The molecule has 3 rings (SSSR count). The van der Waals surface area contributed by atoms with Crippen molar-refractivity contribution in [2.45, 2.75) is 30.6 Å². The molecule has 0 spiro atoms. The van der Waals surface area contributed by atoms with E-state index in [1.807, 2.05) is 30.3 Å². The zero-order valence-electron chi connectivity index (χ0n) is 14.9. The summed E-state index contributed by atoms with van der Waals surface area (Å²) in [6, 6.07) is 15.6. The summed E-state index contributed by atoms with van der Waals surface area (Å²) in [6.45, 7) is 5.53. The summed E-state index contributed by atoms with van der Waals surface area (Å²) in [5, 5.41) is 8.94. The Balaban J connectivity index is 1.70. The minimum absolute atomic E-state index is 0.0895. The molecule has 1 N–H and O–H groups in total. The predicted octanol–water partition coefficient (Wildman–Crippen LogP) is 3.56. The molecule has 1 saturated heterocycles.